The van der Waals surface area contributed by atoms with E-state index in [9.17, 15) is 9.18 Å². The van der Waals surface area contributed by atoms with Gasteiger partial charge in [0, 0.05) is 24.8 Å². The highest BCUT2D eigenvalue weighted by molar-refractivity contribution is 5.95. The van der Waals surface area contributed by atoms with E-state index in [-0.39, 0.29) is 23.6 Å². The Labute approximate surface area is 146 Å². The van der Waals surface area contributed by atoms with Gasteiger partial charge in [0.05, 0.1) is 13.1 Å². The van der Waals surface area contributed by atoms with Crippen molar-refractivity contribution in [2.75, 3.05) is 31.1 Å². The normalized spacial score (nSPS) is 17.5. The Morgan fingerprint density at radius 3 is 2.68 bits per heavy atom. The zero-order valence-corrected chi connectivity index (χ0v) is 13.9. The van der Waals surface area contributed by atoms with E-state index in [0.717, 1.165) is 31.7 Å². The fraction of sp³-hybridized carbons (Fsp3) is 0.368. The Morgan fingerprint density at radius 1 is 1.16 bits per heavy atom. The summed E-state index contributed by atoms with van der Waals surface area (Å²) in [6.07, 6.45) is 3.75. The van der Waals surface area contributed by atoms with Crippen LogP contribution in [0.25, 0.3) is 0 Å². The third-order valence-electron chi connectivity index (χ3n) is 4.69. The fourth-order valence-corrected chi connectivity index (χ4v) is 3.25. The molecule has 2 aliphatic heterocycles. The first-order chi connectivity index (χ1) is 12.2. The summed E-state index contributed by atoms with van der Waals surface area (Å²) in [4.78, 5) is 20.8. The zero-order valence-electron chi connectivity index (χ0n) is 13.9. The monoisotopic (exact) mass is 341 g/mol. The number of rotatable bonds is 4. The number of nitrogens with zero attached hydrogens (tertiary/aromatic N) is 3. The van der Waals surface area contributed by atoms with E-state index in [1.165, 1.54) is 6.07 Å². The van der Waals surface area contributed by atoms with Gasteiger partial charge >= 0.3 is 0 Å². The minimum absolute atomic E-state index is 0.0702. The number of carbonyl (C=O) groups excluding carboxylic acids is 1. The number of anilines is 1. The second-order valence-corrected chi connectivity index (χ2v) is 6.48. The van der Waals surface area contributed by atoms with Gasteiger partial charge in [0.15, 0.2) is 11.6 Å². The highest BCUT2D eigenvalue weighted by atomic mass is 19.1. The van der Waals surface area contributed by atoms with Crippen molar-refractivity contribution >= 4 is 11.7 Å². The molecule has 0 bridgehead atoms. The minimum Gasteiger partial charge on any atom is -0.484 e. The van der Waals surface area contributed by atoms with E-state index in [1.807, 2.05) is 15.9 Å². The molecule has 2 aliphatic rings. The number of benzene rings is 1. The molecule has 5 nitrogen and oxygen atoms in total. The first-order valence-electron chi connectivity index (χ1n) is 8.62. The Bertz CT molecular complexity index is 771. The highest BCUT2D eigenvalue weighted by Gasteiger charge is 2.31. The maximum atomic E-state index is 13.6. The van der Waals surface area contributed by atoms with Crippen LogP contribution in [-0.4, -0.2) is 48.1 Å². The molecule has 2 aromatic rings. The number of hydrogen-bond donors (Lipinski definition) is 0. The predicted molar refractivity (Wildman–Crippen MR) is 92.4 cm³/mol. The van der Waals surface area contributed by atoms with Gasteiger partial charge in [-0.2, -0.15) is 0 Å². The van der Waals surface area contributed by atoms with Crippen molar-refractivity contribution in [2.24, 2.45) is 0 Å². The molecule has 130 valence electrons. The lowest BCUT2D eigenvalue weighted by Crippen LogP contribution is -2.54. The van der Waals surface area contributed by atoms with Crippen molar-refractivity contribution in [3.05, 3.63) is 54.0 Å². The van der Waals surface area contributed by atoms with Crippen LogP contribution >= 0.6 is 0 Å². The molecule has 0 aliphatic carbocycles. The molecule has 6 heteroatoms. The van der Waals surface area contributed by atoms with E-state index >= 15 is 0 Å². The van der Waals surface area contributed by atoms with Crippen LogP contribution in [0.1, 0.15) is 23.2 Å². The topological polar surface area (TPSA) is 45.7 Å². The van der Waals surface area contributed by atoms with E-state index in [1.54, 1.807) is 30.5 Å². The van der Waals surface area contributed by atoms with E-state index in [4.69, 9.17) is 4.74 Å². The van der Waals surface area contributed by atoms with Gasteiger partial charge < -0.3 is 14.5 Å². The number of carbonyl (C=O) groups is 1. The van der Waals surface area contributed by atoms with Crippen LogP contribution in [-0.2, 0) is 0 Å². The van der Waals surface area contributed by atoms with Gasteiger partial charge in [-0.1, -0.05) is 12.1 Å². The summed E-state index contributed by atoms with van der Waals surface area (Å²) in [5.74, 6) is 0.759. The van der Waals surface area contributed by atoms with Crippen molar-refractivity contribution < 1.29 is 13.9 Å². The van der Waals surface area contributed by atoms with Crippen molar-refractivity contribution in [2.45, 2.75) is 18.9 Å². The molecule has 3 heterocycles. The molecule has 1 aromatic heterocycles. The van der Waals surface area contributed by atoms with Gasteiger partial charge in [0.1, 0.15) is 11.9 Å². The molecular weight excluding hydrogens is 321 g/mol. The maximum Gasteiger partial charge on any atom is 0.254 e. The molecule has 2 fully saturated rings. The van der Waals surface area contributed by atoms with Crippen LogP contribution < -0.4 is 9.64 Å². The van der Waals surface area contributed by atoms with Crippen LogP contribution in [0, 0.1) is 5.82 Å². The number of aromatic nitrogens is 1. The number of para-hydroxylation sites is 1. The number of hydrogen-bond acceptors (Lipinski definition) is 4. The van der Waals surface area contributed by atoms with Gasteiger partial charge in [-0.25, -0.2) is 9.37 Å². The van der Waals surface area contributed by atoms with Crippen molar-refractivity contribution in [3.63, 3.8) is 0 Å². The van der Waals surface area contributed by atoms with Crippen LogP contribution in [0.5, 0.6) is 5.75 Å². The third-order valence-corrected chi connectivity index (χ3v) is 4.69. The van der Waals surface area contributed by atoms with Crippen molar-refractivity contribution in [3.8, 4) is 5.75 Å². The molecule has 1 amide bonds. The van der Waals surface area contributed by atoms with E-state index in [2.05, 4.69) is 4.98 Å². The van der Waals surface area contributed by atoms with E-state index in [0.29, 0.717) is 18.7 Å². The lowest BCUT2D eigenvalue weighted by molar-refractivity contribution is 0.0792. The van der Waals surface area contributed by atoms with Crippen LogP contribution in [0.2, 0.25) is 0 Å². The minimum atomic E-state index is -0.350. The molecule has 0 N–H and O–H groups in total. The quantitative estimate of drug-likeness (QED) is 0.858. The Balaban J connectivity index is 1.38. The molecule has 0 spiro atoms. The predicted octanol–water partition coefficient (Wildman–Crippen LogP) is 2.72. The van der Waals surface area contributed by atoms with Gasteiger partial charge in [-0.05, 0) is 37.1 Å². The summed E-state index contributed by atoms with van der Waals surface area (Å²) < 4.78 is 19.3. The summed E-state index contributed by atoms with van der Waals surface area (Å²) in [6, 6.07) is 10.0. The average molecular weight is 341 g/mol. The smallest absolute Gasteiger partial charge is 0.254 e. The van der Waals surface area contributed by atoms with Gasteiger partial charge in [0.2, 0.25) is 0 Å². The Kier molecular flexibility index (Phi) is 4.26. The Hall–Kier alpha value is -2.63. The average Bonchev–Trinajstić information content (AvgIpc) is 3.13. The summed E-state index contributed by atoms with van der Waals surface area (Å²) >= 11 is 0. The fourth-order valence-electron chi connectivity index (χ4n) is 3.25. The molecule has 0 atom stereocenters. The molecule has 0 saturated carbocycles. The first-order valence-corrected chi connectivity index (χ1v) is 8.62. The molecular formula is C19H20FN3O2. The molecule has 4 rings (SSSR count). The lowest BCUT2D eigenvalue weighted by atomic mass is 10.1. The number of ether oxygens (including phenoxy) is 1. The zero-order chi connectivity index (χ0) is 17.2. The summed E-state index contributed by atoms with van der Waals surface area (Å²) in [7, 11) is 0. The second kappa shape index (κ2) is 6.70. The van der Waals surface area contributed by atoms with E-state index < -0.39 is 0 Å². The summed E-state index contributed by atoms with van der Waals surface area (Å²) in [5, 5.41) is 0. The summed E-state index contributed by atoms with van der Waals surface area (Å²) in [5.41, 5.74) is 0.672. The molecule has 25 heavy (non-hydrogen) atoms. The first kappa shape index (κ1) is 15.9. The third kappa shape index (κ3) is 3.29. The number of halogens is 1. The largest absolute Gasteiger partial charge is 0.484 e. The van der Waals surface area contributed by atoms with Gasteiger partial charge in [0.25, 0.3) is 5.91 Å². The van der Waals surface area contributed by atoms with Crippen molar-refractivity contribution in [1.29, 1.82) is 0 Å². The van der Waals surface area contributed by atoms with Crippen LogP contribution in [0.4, 0.5) is 10.2 Å². The van der Waals surface area contributed by atoms with Gasteiger partial charge in [-0.3, -0.25) is 4.79 Å². The van der Waals surface area contributed by atoms with Crippen LogP contribution in [0.15, 0.2) is 42.6 Å². The molecule has 1 aromatic carbocycles. The summed E-state index contributed by atoms with van der Waals surface area (Å²) in [6.45, 7) is 2.92. The SMILES string of the molecule is O=C(c1ccnc(N2CC(Oc3ccccc3F)C2)c1)N1CCCC1. The second-order valence-electron chi connectivity index (χ2n) is 6.48. The lowest BCUT2D eigenvalue weighted by Gasteiger charge is -2.39. The standard InChI is InChI=1S/C19H20FN3O2/c20-16-5-1-2-6-17(16)25-15-12-23(13-15)18-11-14(7-8-21-18)19(24)22-9-3-4-10-22/h1-2,5-8,11,15H,3-4,9-10,12-13H2. The maximum absolute atomic E-state index is 13.6. The van der Waals surface area contributed by atoms with Crippen LogP contribution in [0.3, 0.4) is 0 Å². The number of amides is 1. The molecule has 2 saturated heterocycles. The molecule has 0 radical (unpaired) electrons. The molecule has 0 unspecified atom stereocenters. The highest BCUT2D eigenvalue weighted by Crippen LogP contribution is 2.25. The van der Waals surface area contributed by atoms with Crippen molar-refractivity contribution in [1.82, 2.24) is 9.88 Å². The Morgan fingerprint density at radius 2 is 1.92 bits per heavy atom. The number of likely N-dealkylation sites (tertiary alicyclic amines) is 1. The number of pyridine rings is 1. The van der Waals surface area contributed by atoms with Gasteiger partial charge in [-0.15, -0.1) is 0 Å².